The van der Waals surface area contributed by atoms with Gasteiger partial charge in [-0.3, -0.25) is 18.2 Å². The summed E-state index contributed by atoms with van der Waals surface area (Å²) in [5.41, 5.74) is 0. The van der Waals surface area contributed by atoms with Gasteiger partial charge >= 0.3 is 15.2 Å². The van der Waals surface area contributed by atoms with Crippen LogP contribution in [-0.4, -0.2) is 22.5 Å². The highest BCUT2D eigenvalue weighted by molar-refractivity contribution is 7.58. The van der Waals surface area contributed by atoms with Crippen LogP contribution >= 0.6 is 15.2 Å². The maximum Gasteiger partial charge on any atom is 0.354 e. The van der Waals surface area contributed by atoms with Crippen molar-refractivity contribution >= 4 is 15.2 Å². The third-order valence-electron chi connectivity index (χ3n) is 0.845. The molecule has 0 bridgehead atoms. The van der Waals surface area contributed by atoms with Crippen LogP contribution < -0.4 is 0 Å². The Labute approximate surface area is 56.8 Å². The minimum atomic E-state index is -3.72. The molecule has 1 aliphatic heterocycles. The van der Waals surface area contributed by atoms with Crippen molar-refractivity contribution in [2.45, 2.75) is 0 Å². The third-order valence-corrected chi connectivity index (χ3v) is 3.23. The molecule has 60 valence electrons. The fourth-order valence-electron chi connectivity index (χ4n) is 0.401. The fourth-order valence-corrected chi connectivity index (χ4v) is 3.16. The molecule has 1 saturated heterocycles. The fraction of sp³-hybridized carbons (Fsp3) is 1.00. The van der Waals surface area contributed by atoms with E-state index in [1.807, 2.05) is 0 Å². The van der Waals surface area contributed by atoms with E-state index in [-0.39, 0.29) is 0 Å². The lowest BCUT2D eigenvalue weighted by atomic mass is 11.7. The van der Waals surface area contributed by atoms with Gasteiger partial charge in [0.15, 0.2) is 12.7 Å². The van der Waals surface area contributed by atoms with Gasteiger partial charge in [-0.1, -0.05) is 0 Å². The van der Waals surface area contributed by atoms with E-state index < -0.39 is 27.9 Å². The van der Waals surface area contributed by atoms with Crippen LogP contribution in [0, 0.1) is 0 Å². The van der Waals surface area contributed by atoms with Gasteiger partial charge in [0.1, 0.15) is 0 Å². The Morgan fingerprint density at radius 2 is 1.30 bits per heavy atom. The van der Waals surface area contributed by atoms with E-state index in [1.54, 1.807) is 0 Å². The molecule has 1 fully saturated rings. The SMILES string of the molecule is O=P1(O)COP(=O)(O)CO1. The van der Waals surface area contributed by atoms with Crippen LogP contribution in [0.1, 0.15) is 0 Å². The van der Waals surface area contributed by atoms with Crippen molar-refractivity contribution in [1.29, 1.82) is 0 Å². The molecule has 2 atom stereocenters. The first kappa shape index (κ1) is 8.40. The molecular weight excluding hydrogens is 182 g/mol. The summed E-state index contributed by atoms with van der Waals surface area (Å²) in [5.74, 6) is 0. The summed E-state index contributed by atoms with van der Waals surface area (Å²) in [4.78, 5) is 17.2. The van der Waals surface area contributed by atoms with Gasteiger partial charge in [-0.05, 0) is 0 Å². The summed E-state index contributed by atoms with van der Waals surface area (Å²) >= 11 is 0. The highest BCUT2D eigenvalue weighted by Crippen LogP contribution is 2.58. The van der Waals surface area contributed by atoms with E-state index in [0.29, 0.717) is 0 Å². The van der Waals surface area contributed by atoms with Crippen LogP contribution in [0.4, 0.5) is 0 Å². The van der Waals surface area contributed by atoms with E-state index in [4.69, 9.17) is 9.79 Å². The Morgan fingerprint density at radius 1 is 1.00 bits per heavy atom. The van der Waals surface area contributed by atoms with Crippen molar-refractivity contribution in [1.82, 2.24) is 0 Å². The number of rotatable bonds is 0. The molecule has 2 N–H and O–H groups in total. The third kappa shape index (κ3) is 2.16. The molecular formula is C2H6O6P2. The first-order valence-corrected chi connectivity index (χ1v) is 5.87. The Balaban J connectivity index is 2.63. The molecule has 0 saturated carbocycles. The molecule has 0 radical (unpaired) electrons. The first-order chi connectivity index (χ1) is 4.41. The van der Waals surface area contributed by atoms with Gasteiger partial charge in [-0.15, -0.1) is 0 Å². The maximum absolute atomic E-state index is 10.5. The second kappa shape index (κ2) is 2.41. The van der Waals surface area contributed by atoms with Gasteiger partial charge in [0, 0.05) is 0 Å². The average Bonchev–Trinajstić information content (AvgIpc) is 1.79. The van der Waals surface area contributed by atoms with E-state index in [2.05, 4.69) is 9.05 Å². The zero-order valence-electron chi connectivity index (χ0n) is 4.84. The summed E-state index contributed by atoms with van der Waals surface area (Å²) in [6.07, 6.45) is -1.42. The van der Waals surface area contributed by atoms with Crippen LogP contribution in [-0.2, 0) is 18.2 Å². The first-order valence-electron chi connectivity index (χ1n) is 2.34. The topological polar surface area (TPSA) is 93.1 Å². The maximum atomic E-state index is 10.5. The molecule has 2 unspecified atom stereocenters. The van der Waals surface area contributed by atoms with E-state index in [1.165, 1.54) is 0 Å². The Hall–Kier alpha value is 0.300. The van der Waals surface area contributed by atoms with Crippen LogP contribution in [0.15, 0.2) is 0 Å². The van der Waals surface area contributed by atoms with Gasteiger partial charge < -0.3 is 9.79 Å². The predicted octanol–water partition coefficient (Wildman–Crippen LogP) is 0.319. The Kier molecular flexibility index (Phi) is 2.02. The van der Waals surface area contributed by atoms with Crippen molar-refractivity contribution in [2.24, 2.45) is 0 Å². The van der Waals surface area contributed by atoms with Crippen LogP contribution in [0.5, 0.6) is 0 Å². The van der Waals surface area contributed by atoms with E-state index >= 15 is 0 Å². The molecule has 8 heteroatoms. The molecule has 6 nitrogen and oxygen atoms in total. The van der Waals surface area contributed by atoms with Crippen LogP contribution in [0.25, 0.3) is 0 Å². The molecule has 0 aromatic rings. The zero-order valence-corrected chi connectivity index (χ0v) is 6.62. The van der Waals surface area contributed by atoms with Gasteiger partial charge in [-0.25, -0.2) is 0 Å². The molecule has 1 heterocycles. The molecule has 1 aliphatic rings. The van der Waals surface area contributed by atoms with Gasteiger partial charge in [-0.2, -0.15) is 0 Å². The van der Waals surface area contributed by atoms with Crippen molar-refractivity contribution in [3.8, 4) is 0 Å². The Morgan fingerprint density at radius 3 is 1.50 bits per heavy atom. The summed E-state index contributed by atoms with van der Waals surface area (Å²) in [7, 11) is -7.44. The second-order valence-electron chi connectivity index (χ2n) is 1.79. The summed E-state index contributed by atoms with van der Waals surface area (Å²) < 4.78 is 29.3. The average molecular weight is 188 g/mol. The van der Waals surface area contributed by atoms with E-state index in [0.717, 1.165) is 0 Å². The number of hydrogen-bond acceptors (Lipinski definition) is 4. The summed E-state index contributed by atoms with van der Waals surface area (Å²) in [6, 6.07) is 0. The smallest absolute Gasteiger partial charge is 0.323 e. The van der Waals surface area contributed by atoms with Gasteiger partial charge in [0.25, 0.3) is 0 Å². The minimum Gasteiger partial charge on any atom is -0.323 e. The van der Waals surface area contributed by atoms with Gasteiger partial charge in [0.2, 0.25) is 0 Å². The number of hydrogen-bond donors (Lipinski definition) is 2. The normalized spacial score (nSPS) is 49.0. The van der Waals surface area contributed by atoms with E-state index in [9.17, 15) is 9.13 Å². The molecule has 0 aromatic heterocycles. The monoisotopic (exact) mass is 188 g/mol. The quantitative estimate of drug-likeness (QED) is 0.531. The van der Waals surface area contributed by atoms with Crippen LogP contribution in [0.3, 0.4) is 0 Å². The lowest BCUT2D eigenvalue weighted by molar-refractivity contribution is 0.186. The molecule has 0 amide bonds. The van der Waals surface area contributed by atoms with Crippen molar-refractivity contribution in [3.05, 3.63) is 0 Å². The van der Waals surface area contributed by atoms with Crippen molar-refractivity contribution in [2.75, 3.05) is 12.7 Å². The molecule has 1 rings (SSSR count). The molecule has 0 aliphatic carbocycles. The van der Waals surface area contributed by atoms with Crippen molar-refractivity contribution in [3.63, 3.8) is 0 Å². The second-order valence-corrected chi connectivity index (χ2v) is 5.37. The summed E-state index contributed by atoms with van der Waals surface area (Å²) in [5, 5.41) is 0. The minimum absolute atomic E-state index is 0.708. The van der Waals surface area contributed by atoms with Gasteiger partial charge in [0.05, 0.1) is 0 Å². The zero-order chi connectivity index (χ0) is 7.83. The lowest BCUT2D eigenvalue weighted by Gasteiger charge is -2.21. The molecule has 0 aromatic carbocycles. The lowest BCUT2D eigenvalue weighted by Crippen LogP contribution is -2.08. The molecule has 0 spiro atoms. The summed E-state index contributed by atoms with van der Waals surface area (Å²) in [6.45, 7) is 0. The highest BCUT2D eigenvalue weighted by atomic mass is 31.2. The van der Waals surface area contributed by atoms with Crippen LogP contribution in [0.2, 0.25) is 0 Å². The predicted molar refractivity (Wildman–Crippen MR) is 31.6 cm³/mol. The molecule has 10 heavy (non-hydrogen) atoms. The van der Waals surface area contributed by atoms with Crippen molar-refractivity contribution < 1.29 is 28.0 Å². The standard InChI is InChI=1S/C2H6O6P2/c3-9(4)1-7-10(5,6)2-8-9/h1-2H2,(H,3,4)(H,5,6). The Bertz CT molecular complexity index is 182. The largest absolute Gasteiger partial charge is 0.354 e. The highest BCUT2D eigenvalue weighted by Gasteiger charge is 2.35.